The molecule has 1 atom stereocenters. The highest BCUT2D eigenvalue weighted by Crippen LogP contribution is 2.36. The van der Waals surface area contributed by atoms with Crippen LogP contribution in [0.4, 0.5) is 0 Å². The minimum atomic E-state index is 0.00268. The monoisotopic (exact) mass is 383 g/mol. The van der Waals surface area contributed by atoms with Gasteiger partial charge in [-0.3, -0.25) is 4.99 Å². The fourth-order valence-corrected chi connectivity index (χ4v) is 3.39. The molecule has 2 aromatic rings. The molecular formula is C23H19N4O2+. The van der Waals surface area contributed by atoms with E-state index in [1.165, 1.54) is 0 Å². The number of ether oxygens (including phenoxy) is 2. The van der Waals surface area contributed by atoms with E-state index in [0.717, 1.165) is 45.6 Å². The highest BCUT2D eigenvalue weighted by molar-refractivity contribution is 6.01. The first-order chi connectivity index (χ1) is 14.2. The molecule has 2 aliphatic heterocycles. The Hall–Kier alpha value is -3.74. The zero-order valence-electron chi connectivity index (χ0n) is 15.8. The van der Waals surface area contributed by atoms with E-state index in [0.29, 0.717) is 0 Å². The molecule has 6 heteroatoms. The van der Waals surface area contributed by atoms with E-state index in [1.54, 1.807) is 19.5 Å². The molecule has 0 fully saturated rings. The van der Waals surface area contributed by atoms with Gasteiger partial charge in [-0.2, -0.15) is 10.8 Å². The third-order valence-corrected chi connectivity index (χ3v) is 5.03. The van der Waals surface area contributed by atoms with Crippen LogP contribution >= 0.6 is 0 Å². The zero-order chi connectivity index (χ0) is 19.8. The van der Waals surface area contributed by atoms with Gasteiger partial charge in [0, 0.05) is 5.57 Å². The average molecular weight is 383 g/mol. The summed E-state index contributed by atoms with van der Waals surface area (Å²) < 4.78 is 11.1. The molecular weight excluding hydrogens is 364 g/mol. The summed E-state index contributed by atoms with van der Waals surface area (Å²) in [4.78, 5) is 9.10. The standard InChI is InChI=1S/C23H19N4O2/c1-28-18-9-11-20(12-10-18)29-19-7-5-17(6-8-19)23-26-22(16-3-2-4-16)21-15-25-13-14-27(21,23)24/h2-15H,24H2,1H3/q+1. The van der Waals surface area contributed by atoms with Crippen molar-refractivity contribution < 1.29 is 14.1 Å². The maximum Gasteiger partial charge on any atom is 0.265 e. The van der Waals surface area contributed by atoms with Crippen molar-refractivity contribution in [1.29, 1.82) is 0 Å². The SMILES string of the molecule is COc1ccc(Oc2ccc(C3=NC(C4=CC=C4)=C4C=NC=C[N+]34N)cc2)cc1. The molecule has 2 N–H and O–H groups in total. The van der Waals surface area contributed by atoms with E-state index in [9.17, 15) is 0 Å². The second-order valence-corrected chi connectivity index (χ2v) is 6.81. The lowest BCUT2D eigenvalue weighted by Crippen LogP contribution is -2.53. The number of hydrogen-bond acceptors (Lipinski definition) is 5. The molecule has 2 aromatic carbocycles. The first-order valence-corrected chi connectivity index (χ1v) is 9.21. The number of methoxy groups -OCH3 is 1. The molecule has 2 heterocycles. The van der Waals surface area contributed by atoms with Crippen molar-refractivity contribution in [2.24, 2.45) is 15.8 Å². The summed E-state index contributed by atoms with van der Waals surface area (Å²) in [6.45, 7) is 0. The number of fused-ring (bicyclic) bond motifs is 1. The van der Waals surface area contributed by atoms with Gasteiger partial charge < -0.3 is 9.47 Å². The summed E-state index contributed by atoms with van der Waals surface area (Å²) in [5.74, 6) is 9.72. The van der Waals surface area contributed by atoms with Gasteiger partial charge in [0.05, 0.1) is 25.1 Å². The van der Waals surface area contributed by atoms with Crippen LogP contribution in [0.2, 0.25) is 0 Å². The molecule has 1 unspecified atom stereocenters. The molecule has 0 amide bonds. The quantitative estimate of drug-likeness (QED) is 0.621. The van der Waals surface area contributed by atoms with Gasteiger partial charge in [0.1, 0.15) is 29.1 Å². The molecule has 0 spiro atoms. The van der Waals surface area contributed by atoms with E-state index in [-0.39, 0.29) is 4.59 Å². The number of nitrogens with zero attached hydrogens (tertiary/aromatic N) is 3. The number of benzene rings is 2. The van der Waals surface area contributed by atoms with E-state index in [4.69, 9.17) is 20.3 Å². The van der Waals surface area contributed by atoms with Crippen molar-refractivity contribution in [1.82, 2.24) is 0 Å². The molecule has 3 aliphatic rings. The normalized spacial score (nSPS) is 21.4. The van der Waals surface area contributed by atoms with Gasteiger partial charge in [-0.1, -0.05) is 18.2 Å². The number of aliphatic imine (C=N–C) groups is 2. The first kappa shape index (κ1) is 17.4. The molecule has 0 radical (unpaired) electrons. The number of amidine groups is 1. The fourth-order valence-electron chi connectivity index (χ4n) is 3.39. The van der Waals surface area contributed by atoms with Crippen LogP contribution in [0.25, 0.3) is 0 Å². The number of quaternary nitrogens is 1. The van der Waals surface area contributed by atoms with E-state index < -0.39 is 0 Å². The molecule has 29 heavy (non-hydrogen) atoms. The first-order valence-electron chi connectivity index (χ1n) is 9.21. The summed E-state index contributed by atoms with van der Waals surface area (Å²) in [7, 11) is 1.64. The largest absolute Gasteiger partial charge is 0.497 e. The van der Waals surface area contributed by atoms with Crippen LogP contribution < -0.4 is 15.3 Å². The fraction of sp³-hybridized carbons (Fsp3) is 0.0435. The minimum absolute atomic E-state index is 0.00268. The predicted octanol–water partition coefficient (Wildman–Crippen LogP) is 4.20. The Kier molecular flexibility index (Phi) is 4.01. The predicted molar refractivity (Wildman–Crippen MR) is 112 cm³/mol. The maximum atomic E-state index is 6.71. The van der Waals surface area contributed by atoms with Crippen LogP contribution in [-0.2, 0) is 0 Å². The van der Waals surface area contributed by atoms with Gasteiger partial charge in [-0.15, -0.1) is 4.59 Å². The molecule has 0 bridgehead atoms. The van der Waals surface area contributed by atoms with E-state index >= 15 is 0 Å². The lowest BCUT2D eigenvalue weighted by molar-refractivity contribution is -0.750. The third kappa shape index (κ3) is 2.91. The van der Waals surface area contributed by atoms with Crippen LogP contribution in [0.3, 0.4) is 0 Å². The highest BCUT2D eigenvalue weighted by Gasteiger charge is 2.44. The minimum Gasteiger partial charge on any atom is -0.497 e. The summed E-state index contributed by atoms with van der Waals surface area (Å²) in [5.41, 5.74) is 3.70. The summed E-state index contributed by atoms with van der Waals surface area (Å²) >= 11 is 0. The molecule has 142 valence electrons. The zero-order valence-corrected chi connectivity index (χ0v) is 15.8. The molecule has 6 nitrogen and oxygen atoms in total. The molecule has 0 saturated heterocycles. The van der Waals surface area contributed by atoms with Crippen molar-refractivity contribution in [3.8, 4) is 17.2 Å². The Morgan fingerprint density at radius 2 is 1.59 bits per heavy atom. The lowest BCUT2D eigenvalue weighted by Gasteiger charge is -2.26. The van der Waals surface area contributed by atoms with Crippen molar-refractivity contribution in [2.75, 3.05) is 7.11 Å². The maximum absolute atomic E-state index is 6.71. The van der Waals surface area contributed by atoms with Gasteiger partial charge in [0.25, 0.3) is 5.84 Å². The Morgan fingerprint density at radius 1 is 0.931 bits per heavy atom. The highest BCUT2D eigenvalue weighted by atomic mass is 16.5. The summed E-state index contributed by atoms with van der Waals surface area (Å²) in [5, 5.41) is 0. The Balaban J connectivity index is 1.42. The van der Waals surface area contributed by atoms with Gasteiger partial charge in [0.2, 0.25) is 5.70 Å². The Morgan fingerprint density at radius 3 is 2.21 bits per heavy atom. The van der Waals surface area contributed by atoms with Crippen LogP contribution in [0, 0.1) is 0 Å². The van der Waals surface area contributed by atoms with Gasteiger partial charge in [-0.05, 0) is 48.5 Å². The van der Waals surface area contributed by atoms with Crippen LogP contribution in [-0.4, -0.2) is 23.8 Å². The number of rotatable bonds is 5. The number of nitrogens with two attached hydrogens (primary N) is 1. The van der Waals surface area contributed by atoms with Crippen molar-refractivity contribution in [2.45, 2.75) is 0 Å². The van der Waals surface area contributed by atoms with Gasteiger partial charge in [-0.25, -0.2) is 0 Å². The second-order valence-electron chi connectivity index (χ2n) is 6.81. The molecule has 1 aliphatic carbocycles. The van der Waals surface area contributed by atoms with Gasteiger partial charge >= 0.3 is 0 Å². The lowest BCUT2D eigenvalue weighted by atomic mass is 10.0. The third-order valence-electron chi connectivity index (χ3n) is 5.03. The number of hydrogen-bond donors (Lipinski definition) is 1. The van der Waals surface area contributed by atoms with Crippen molar-refractivity contribution in [3.05, 3.63) is 102 Å². The van der Waals surface area contributed by atoms with E-state index in [1.807, 2.05) is 73.0 Å². The smallest absolute Gasteiger partial charge is 0.265 e. The number of allylic oxidation sites excluding steroid dienone is 4. The molecule has 0 saturated carbocycles. The second kappa shape index (κ2) is 6.70. The van der Waals surface area contributed by atoms with Crippen molar-refractivity contribution >= 4 is 12.1 Å². The van der Waals surface area contributed by atoms with Crippen LogP contribution in [0.1, 0.15) is 5.56 Å². The topological polar surface area (TPSA) is 69.2 Å². The molecule has 5 rings (SSSR count). The van der Waals surface area contributed by atoms with Crippen molar-refractivity contribution in [3.63, 3.8) is 0 Å². The summed E-state index contributed by atoms with van der Waals surface area (Å²) in [6, 6.07) is 15.2. The Bertz CT molecular complexity index is 1150. The Labute approximate surface area is 168 Å². The molecule has 0 aromatic heterocycles. The van der Waals surface area contributed by atoms with Gasteiger partial charge in [0.15, 0.2) is 0 Å². The van der Waals surface area contributed by atoms with Crippen LogP contribution in [0.15, 0.2) is 106 Å². The van der Waals surface area contributed by atoms with Crippen LogP contribution in [0.5, 0.6) is 17.2 Å². The van der Waals surface area contributed by atoms with E-state index in [2.05, 4.69) is 4.99 Å². The average Bonchev–Trinajstić information content (AvgIpc) is 3.01. The summed E-state index contributed by atoms with van der Waals surface area (Å²) in [6.07, 6.45) is 11.4.